The average Bonchev–Trinajstić information content (AvgIpc) is 3.86. The number of hydrogen-bond donors (Lipinski definition) is 6. The van der Waals surface area contributed by atoms with Gasteiger partial charge >= 0.3 is 0 Å². The number of nitrogens with two attached hydrogens (primary N) is 2. The summed E-state index contributed by atoms with van der Waals surface area (Å²) >= 11 is 11.1. The molecule has 1 aromatic heterocycles. The number of anilines is 6. The number of likely N-dealkylation sites (tertiary alicyclic amines) is 2. The van der Waals surface area contributed by atoms with Crippen LogP contribution in [0.4, 0.5) is 33.7 Å². The van der Waals surface area contributed by atoms with Crippen molar-refractivity contribution in [1.82, 2.24) is 14.8 Å². The van der Waals surface area contributed by atoms with Gasteiger partial charge in [-0.05, 0) is 167 Å². The number of nitrogens with one attached hydrogen (secondary N) is 2. The first-order valence-electron chi connectivity index (χ1n) is 27.7. The number of piperidine rings is 4. The monoisotopic (exact) mass is 1250 g/mol. The first kappa shape index (κ1) is 61.8. The number of aliphatic hydroxyl groups excluding tert-OH is 2. The lowest BCUT2D eigenvalue weighted by atomic mass is 9.98. The van der Waals surface area contributed by atoms with E-state index in [9.17, 15) is 19.8 Å². The van der Waals surface area contributed by atoms with Crippen molar-refractivity contribution in [3.05, 3.63) is 101 Å². The fraction of sp³-hybridized carbons (Fsp3) is 0.466. The van der Waals surface area contributed by atoms with Crippen LogP contribution in [0.1, 0.15) is 83.9 Å². The van der Waals surface area contributed by atoms with Crippen molar-refractivity contribution < 1.29 is 38.7 Å². The number of carbonyl (C=O) groups is 2. The molecule has 4 saturated heterocycles. The summed E-state index contributed by atoms with van der Waals surface area (Å²) in [5, 5.41) is 28.1. The highest BCUT2D eigenvalue weighted by Crippen LogP contribution is 2.36. The Kier molecular flexibility index (Phi) is 23.1. The van der Waals surface area contributed by atoms with Crippen LogP contribution in [0.3, 0.4) is 0 Å². The summed E-state index contributed by atoms with van der Waals surface area (Å²) in [6, 6.07) is 28.2. The number of hydrogen-bond acceptors (Lipinski definition) is 18. The van der Waals surface area contributed by atoms with Gasteiger partial charge in [-0.15, -0.1) is 0 Å². The minimum Gasteiger partial charge on any atom is -0.486 e. The Bertz CT molecular complexity index is 2910. The van der Waals surface area contributed by atoms with E-state index in [1.165, 1.54) is 34.5 Å². The predicted octanol–water partition coefficient (Wildman–Crippen LogP) is 8.87. The zero-order valence-corrected chi connectivity index (χ0v) is 51.4. The number of alkyl halides is 1. The normalized spacial score (nSPS) is 19.6. The Balaban J connectivity index is 0.000000175. The first-order chi connectivity index (χ1) is 38.9. The molecular weight excluding hydrogens is 1170 g/mol. The van der Waals surface area contributed by atoms with Gasteiger partial charge in [-0.2, -0.15) is 14.9 Å². The number of Topliss-reactive ketones (excluding diaryl/α,β-unsaturated/α-hetero) is 1. The number of β-amino-alcohol motifs (C(OH)–C–C–N with tert-alkyl or cyclic N) is 2. The summed E-state index contributed by atoms with van der Waals surface area (Å²) in [6.45, 7) is 12.1. The molecule has 0 amide bonds. The fourth-order valence-corrected chi connectivity index (χ4v) is 12.7. The maximum Gasteiger partial charge on any atom is 0.206 e. The lowest BCUT2D eigenvalue weighted by molar-refractivity contribution is 0.0397. The van der Waals surface area contributed by atoms with Crippen LogP contribution in [0.15, 0.2) is 89.9 Å². The number of nitrogens with zero attached hydrogens (tertiary/aromatic N) is 6. The number of thiocarbonyl (C=S) groups is 1. The number of thioether (sulfide) groups is 1. The van der Waals surface area contributed by atoms with Gasteiger partial charge in [-0.25, -0.2) is 4.98 Å². The standard InChI is InChI=1S/C28H33N5O4S.C20H31N5OS2.C10H9BrO3.H3P/c29-27-26(25(35)18-3-8-23-24(16-18)37-15-14-36-23)38-28(31-27)30-19-4-6-20(7-5-19)32-12-9-21(10-13-32)33-11-1-2-22(34)17-33;1-2-28-19(21)23-20(27)22-15-5-7-16(8-6-15)24-12-9-17(10-13-24)25-11-3-4-18(26)14-25;11-6-8(12)7-1-2-9-10(5-7)14-4-3-13-9;/h3-8,16,21-22,34H,1-2,9-15,17,29H2,(H,30,31);5-8,17-18,26H,2-4,9-14H2,1H3,(H3,21,22,23,27);1-2,5H,3-4,6H2;1H3. The van der Waals surface area contributed by atoms with Gasteiger partial charge in [0, 0.05) is 85.2 Å². The molecule has 3 unspecified atom stereocenters. The number of ketones is 2. The number of fused-ring (bicyclic) bond motifs is 2. The largest absolute Gasteiger partial charge is 0.486 e. The fourth-order valence-electron chi connectivity index (χ4n) is 10.8. The van der Waals surface area contributed by atoms with E-state index in [4.69, 9.17) is 42.6 Å². The lowest BCUT2D eigenvalue weighted by Crippen LogP contribution is -2.49. The molecule has 6 aliphatic rings. The van der Waals surface area contributed by atoms with Crippen molar-refractivity contribution in [3.8, 4) is 23.0 Å². The molecule has 0 aliphatic carbocycles. The number of carbonyl (C=O) groups excluding carboxylic acids is 2. The van der Waals surface area contributed by atoms with Gasteiger partial charge < -0.3 is 61.1 Å². The predicted molar refractivity (Wildman–Crippen MR) is 340 cm³/mol. The highest BCUT2D eigenvalue weighted by Gasteiger charge is 2.30. The molecule has 5 aromatic rings. The second-order valence-electron chi connectivity index (χ2n) is 20.4. The number of rotatable bonds is 12. The van der Waals surface area contributed by atoms with E-state index in [-0.39, 0.29) is 39.5 Å². The Labute approximate surface area is 500 Å². The Hall–Kier alpha value is -5.29. The maximum atomic E-state index is 13.1. The topological polar surface area (TPSA) is 226 Å². The lowest BCUT2D eigenvalue weighted by Gasteiger charge is -2.42. The third-order valence-corrected chi connectivity index (χ3v) is 17.3. The quantitative estimate of drug-likeness (QED) is 0.0171. The summed E-state index contributed by atoms with van der Waals surface area (Å²) in [5.41, 5.74) is 17.3. The SMILES string of the molecule is CCSC(N)=NC(=S)Nc1ccc(N2CCC(N3CCCC(O)C3)CC2)cc1.Nc1nc(Nc2ccc(N3CCC(N4CCCC(O)C4)CC3)cc2)sc1C(=O)c1ccc2c(c1)OCCO2.O=C(CBr)c1ccc2c(c1)OCCO2.P. The number of amidine groups is 1. The molecule has 8 N–H and O–H groups in total. The molecule has 6 aliphatic heterocycles. The van der Waals surface area contributed by atoms with Gasteiger partial charge in [0.15, 0.2) is 44.2 Å². The maximum absolute atomic E-state index is 13.1. The van der Waals surface area contributed by atoms with Crippen LogP contribution in [0.5, 0.6) is 23.0 Å². The van der Waals surface area contributed by atoms with Gasteiger partial charge in [-0.1, -0.05) is 46.0 Å². The number of benzene rings is 4. The average molecular weight is 1250 g/mol. The van der Waals surface area contributed by atoms with E-state index >= 15 is 0 Å². The third kappa shape index (κ3) is 17.2. The van der Waals surface area contributed by atoms with Crippen LogP contribution < -0.4 is 50.8 Å². The smallest absolute Gasteiger partial charge is 0.206 e. The zero-order chi connectivity index (χ0) is 56.0. The van der Waals surface area contributed by atoms with Crippen molar-refractivity contribution in [2.45, 2.75) is 82.6 Å². The molecule has 3 atom stereocenters. The molecule has 11 rings (SSSR count). The molecule has 0 bridgehead atoms. The van der Waals surface area contributed by atoms with Crippen LogP contribution in [-0.4, -0.2) is 161 Å². The van der Waals surface area contributed by atoms with Crippen molar-refractivity contribution in [2.75, 3.05) is 116 Å². The second kappa shape index (κ2) is 30.3. The molecule has 23 heteroatoms. The summed E-state index contributed by atoms with van der Waals surface area (Å²) in [6.07, 6.45) is 8.32. The zero-order valence-electron chi connectivity index (χ0n) is 45.9. The molecule has 0 spiro atoms. The summed E-state index contributed by atoms with van der Waals surface area (Å²) in [4.78, 5) is 43.3. The number of aliphatic imine (C=N–C) groups is 1. The van der Waals surface area contributed by atoms with E-state index in [1.54, 1.807) is 36.4 Å². The molecule has 4 aromatic carbocycles. The van der Waals surface area contributed by atoms with Crippen LogP contribution in [-0.2, 0) is 0 Å². The van der Waals surface area contributed by atoms with E-state index in [0.29, 0.717) is 98.3 Å². The van der Waals surface area contributed by atoms with E-state index < -0.39 is 0 Å². The minimum atomic E-state index is -0.192. The van der Waals surface area contributed by atoms with E-state index in [1.807, 2.05) is 31.2 Å². The number of ether oxygens (including phenoxy) is 4. The number of aromatic nitrogens is 1. The van der Waals surface area contributed by atoms with Crippen LogP contribution in [0.25, 0.3) is 0 Å². The molecule has 81 heavy (non-hydrogen) atoms. The number of aliphatic hydroxyl groups is 2. The van der Waals surface area contributed by atoms with Gasteiger partial charge in [0.1, 0.15) is 37.1 Å². The van der Waals surface area contributed by atoms with Crippen molar-refractivity contribution in [1.29, 1.82) is 0 Å². The number of halogens is 1. The van der Waals surface area contributed by atoms with Gasteiger partial charge in [0.25, 0.3) is 0 Å². The van der Waals surface area contributed by atoms with Gasteiger partial charge in [0.05, 0.1) is 17.5 Å². The Morgan fingerprint density at radius 3 is 1.69 bits per heavy atom. The van der Waals surface area contributed by atoms with Crippen LogP contribution >= 0.6 is 61.1 Å². The van der Waals surface area contributed by atoms with Gasteiger partial charge in [0.2, 0.25) is 5.78 Å². The number of thiazole rings is 1. The molecule has 0 radical (unpaired) electrons. The van der Waals surface area contributed by atoms with Crippen molar-refractivity contribution in [3.63, 3.8) is 0 Å². The number of nitrogen functional groups attached to an aromatic ring is 1. The first-order valence-corrected chi connectivity index (χ1v) is 31.0. The van der Waals surface area contributed by atoms with Crippen LogP contribution in [0, 0.1) is 0 Å². The highest BCUT2D eigenvalue weighted by molar-refractivity contribution is 9.09. The van der Waals surface area contributed by atoms with E-state index in [2.05, 4.69) is 80.4 Å². The molecular formula is C58H76BrN10O8PS3. The van der Waals surface area contributed by atoms with Crippen molar-refractivity contribution in [2.24, 2.45) is 10.7 Å². The molecule has 7 heterocycles. The summed E-state index contributed by atoms with van der Waals surface area (Å²) < 4.78 is 21.9. The Morgan fingerprint density at radius 2 is 1.20 bits per heavy atom. The second-order valence-corrected chi connectivity index (χ2v) is 23.6. The molecule has 4 fully saturated rings. The highest BCUT2D eigenvalue weighted by atomic mass is 79.9. The third-order valence-electron chi connectivity index (χ3n) is 14.9. The molecule has 0 saturated carbocycles. The minimum absolute atomic E-state index is 0. The molecule has 18 nitrogen and oxygen atoms in total. The van der Waals surface area contributed by atoms with Crippen LogP contribution in [0.2, 0.25) is 0 Å². The summed E-state index contributed by atoms with van der Waals surface area (Å²) in [5.74, 6) is 3.51. The summed E-state index contributed by atoms with van der Waals surface area (Å²) in [7, 11) is 0. The van der Waals surface area contributed by atoms with Gasteiger partial charge in [-0.3, -0.25) is 19.4 Å². The Morgan fingerprint density at radius 1 is 0.716 bits per heavy atom. The van der Waals surface area contributed by atoms with E-state index in [0.717, 1.165) is 121 Å². The van der Waals surface area contributed by atoms with Crippen molar-refractivity contribution >= 4 is 117 Å². The molecule has 436 valence electrons.